The smallest absolute Gasteiger partial charge is 0.126 e. The minimum Gasteiger partial charge on any atom is -0.382 e. The number of rotatable bonds is 1. The van der Waals surface area contributed by atoms with Crippen molar-refractivity contribution in [3.63, 3.8) is 0 Å². The summed E-state index contributed by atoms with van der Waals surface area (Å²) in [6.07, 6.45) is 1.41. The summed E-state index contributed by atoms with van der Waals surface area (Å²) < 4.78 is 6.41. The van der Waals surface area contributed by atoms with Gasteiger partial charge in [-0.1, -0.05) is 0 Å². The summed E-state index contributed by atoms with van der Waals surface area (Å²) >= 11 is 4.81. The Balaban J connectivity index is 2.25. The maximum atomic E-state index is 10.5. The molecule has 1 fully saturated rings. The van der Waals surface area contributed by atoms with Gasteiger partial charge in [-0.05, 0) is 29.8 Å². The maximum Gasteiger partial charge on any atom is 0.126 e. The van der Waals surface area contributed by atoms with Crippen molar-refractivity contribution < 1.29 is 9.84 Å². The van der Waals surface area contributed by atoms with Gasteiger partial charge in [0.2, 0.25) is 0 Å². The molecule has 2 heterocycles. The van der Waals surface area contributed by atoms with Gasteiger partial charge in [-0.25, -0.2) is 4.98 Å². The molecule has 1 saturated heterocycles. The minimum absolute atomic E-state index is 0.0847. The molecule has 0 aromatic carbocycles. The molecular formula is C10H14BrNO2S. The van der Waals surface area contributed by atoms with Crippen molar-refractivity contribution in [2.45, 2.75) is 44.5 Å². The van der Waals surface area contributed by atoms with Crippen LogP contribution in [0.25, 0.3) is 0 Å². The van der Waals surface area contributed by atoms with Crippen LogP contribution in [0.3, 0.4) is 0 Å². The van der Waals surface area contributed by atoms with Gasteiger partial charge in [0.05, 0.1) is 12.2 Å². The Morgan fingerprint density at radius 1 is 1.53 bits per heavy atom. The van der Waals surface area contributed by atoms with Gasteiger partial charge in [0.1, 0.15) is 15.2 Å². The largest absolute Gasteiger partial charge is 0.382 e. The van der Waals surface area contributed by atoms with Crippen LogP contribution in [0.15, 0.2) is 9.98 Å². The fraction of sp³-hybridized carbons (Fsp3) is 0.700. The first-order valence-corrected chi connectivity index (χ1v) is 6.66. The molecule has 84 valence electrons. The van der Waals surface area contributed by atoms with Crippen LogP contribution in [-0.4, -0.2) is 22.3 Å². The van der Waals surface area contributed by atoms with Gasteiger partial charge in [-0.3, -0.25) is 0 Å². The Labute approximate surface area is 102 Å². The number of hydrogen-bond acceptors (Lipinski definition) is 4. The molecule has 1 aliphatic heterocycles. The molecule has 5 heteroatoms. The van der Waals surface area contributed by atoms with Crippen molar-refractivity contribution in [1.29, 1.82) is 0 Å². The summed E-state index contributed by atoms with van der Waals surface area (Å²) in [5, 5.41) is 13.2. The molecule has 0 aliphatic carbocycles. The molecule has 15 heavy (non-hydrogen) atoms. The summed E-state index contributed by atoms with van der Waals surface area (Å²) in [7, 11) is 0. The highest BCUT2D eigenvalue weighted by molar-refractivity contribution is 9.10. The normalized spacial score (nSPS) is 36.8. The molecule has 0 spiro atoms. The number of halogens is 1. The van der Waals surface area contributed by atoms with Gasteiger partial charge >= 0.3 is 0 Å². The number of aromatic nitrogens is 1. The van der Waals surface area contributed by atoms with Crippen molar-refractivity contribution >= 4 is 27.3 Å². The zero-order valence-corrected chi connectivity index (χ0v) is 11.1. The van der Waals surface area contributed by atoms with E-state index in [9.17, 15) is 5.11 Å². The highest BCUT2D eigenvalue weighted by Gasteiger charge is 2.40. The highest BCUT2D eigenvalue weighted by Crippen LogP contribution is 2.39. The van der Waals surface area contributed by atoms with E-state index in [1.807, 2.05) is 19.2 Å². The summed E-state index contributed by atoms with van der Waals surface area (Å²) in [5.74, 6) is 0. The van der Waals surface area contributed by atoms with Gasteiger partial charge in [0, 0.05) is 18.2 Å². The molecule has 1 N–H and O–H groups in total. The van der Waals surface area contributed by atoms with E-state index in [-0.39, 0.29) is 12.2 Å². The Morgan fingerprint density at radius 2 is 2.13 bits per heavy atom. The molecule has 0 amide bonds. The zero-order chi connectivity index (χ0) is 11.1. The Morgan fingerprint density at radius 3 is 2.60 bits per heavy atom. The van der Waals surface area contributed by atoms with Crippen LogP contribution < -0.4 is 0 Å². The second-order valence-corrected chi connectivity index (χ2v) is 5.84. The van der Waals surface area contributed by atoms with Crippen LogP contribution in [0.1, 0.15) is 31.7 Å². The molecule has 1 aromatic rings. The van der Waals surface area contributed by atoms with Crippen LogP contribution in [0, 0.1) is 0 Å². The average molecular weight is 292 g/mol. The number of hydrogen-bond donors (Lipinski definition) is 1. The summed E-state index contributed by atoms with van der Waals surface area (Å²) in [5.41, 5.74) is -0.812. The van der Waals surface area contributed by atoms with Gasteiger partial charge in [0.15, 0.2) is 0 Å². The van der Waals surface area contributed by atoms with Gasteiger partial charge in [0.25, 0.3) is 0 Å². The zero-order valence-electron chi connectivity index (χ0n) is 8.74. The third-order valence-corrected chi connectivity index (χ3v) is 4.33. The highest BCUT2D eigenvalue weighted by atomic mass is 79.9. The minimum atomic E-state index is -0.812. The Hall–Kier alpha value is 0.0300. The van der Waals surface area contributed by atoms with E-state index in [0.29, 0.717) is 12.8 Å². The van der Waals surface area contributed by atoms with Crippen LogP contribution in [-0.2, 0) is 10.3 Å². The van der Waals surface area contributed by atoms with Crippen LogP contribution >= 0.6 is 27.3 Å². The number of nitrogens with zero attached hydrogens (tertiary/aromatic N) is 1. The molecule has 0 bridgehead atoms. The monoisotopic (exact) mass is 291 g/mol. The topological polar surface area (TPSA) is 42.4 Å². The van der Waals surface area contributed by atoms with Crippen molar-refractivity contribution in [2.24, 2.45) is 0 Å². The maximum absolute atomic E-state index is 10.5. The Kier molecular flexibility index (Phi) is 3.17. The van der Waals surface area contributed by atoms with E-state index >= 15 is 0 Å². The first kappa shape index (κ1) is 11.5. The lowest BCUT2D eigenvalue weighted by Crippen LogP contribution is -2.41. The lowest BCUT2D eigenvalue weighted by molar-refractivity contribution is -0.135. The van der Waals surface area contributed by atoms with Crippen molar-refractivity contribution in [3.8, 4) is 0 Å². The fourth-order valence-corrected chi connectivity index (χ4v) is 3.54. The SMILES string of the molecule is CC1CC(O)(c2nc(Br)cs2)CC(C)O1. The molecule has 2 atom stereocenters. The third-order valence-electron chi connectivity index (χ3n) is 2.59. The van der Waals surface area contributed by atoms with Crippen LogP contribution in [0.4, 0.5) is 0 Å². The van der Waals surface area contributed by atoms with Crippen LogP contribution in [0.5, 0.6) is 0 Å². The predicted octanol–water partition coefficient (Wildman–Crippen LogP) is 2.68. The van der Waals surface area contributed by atoms with E-state index in [2.05, 4.69) is 20.9 Å². The molecule has 0 saturated carbocycles. The molecule has 2 rings (SSSR count). The van der Waals surface area contributed by atoms with E-state index in [1.54, 1.807) is 0 Å². The summed E-state index contributed by atoms with van der Waals surface area (Å²) in [4.78, 5) is 4.30. The first-order chi connectivity index (χ1) is 6.99. The molecule has 1 aliphatic rings. The van der Waals surface area contributed by atoms with E-state index in [0.717, 1.165) is 9.61 Å². The average Bonchev–Trinajstić information content (AvgIpc) is 2.49. The third kappa shape index (κ3) is 2.41. The summed E-state index contributed by atoms with van der Waals surface area (Å²) in [6.45, 7) is 3.98. The van der Waals surface area contributed by atoms with E-state index < -0.39 is 5.60 Å². The number of aliphatic hydroxyl groups is 1. The van der Waals surface area contributed by atoms with Crippen molar-refractivity contribution in [3.05, 3.63) is 15.0 Å². The fourth-order valence-electron chi connectivity index (χ4n) is 2.17. The predicted molar refractivity (Wildman–Crippen MR) is 63.0 cm³/mol. The lowest BCUT2D eigenvalue weighted by Gasteiger charge is -2.37. The number of thiazole rings is 1. The number of ether oxygens (including phenoxy) is 1. The van der Waals surface area contributed by atoms with Gasteiger partial charge in [-0.15, -0.1) is 11.3 Å². The second kappa shape index (κ2) is 4.13. The molecule has 3 nitrogen and oxygen atoms in total. The molecule has 2 unspecified atom stereocenters. The lowest BCUT2D eigenvalue weighted by atomic mass is 9.88. The molecule has 0 radical (unpaired) electrons. The van der Waals surface area contributed by atoms with Gasteiger partial charge < -0.3 is 9.84 Å². The van der Waals surface area contributed by atoms with Gasteiger partial charge in [-0.2, -0.15) is 0 Å². The van der Waals surface area contributed by atoms with E-state index in [4.69, 9.17) is 4.74 Å². The second-order valence-electron chi connectivity index (χ2n) is 4.17. The Bertz CT molecular complexity index is 345. The van der Waals surface area contributed by atoms with Crippen molar-refractivity contribution in [2.75, 3.05) is 0 Å². The van der Waals surface area contributed by atoms with Crippen molar-refractivity contribution in [1.82, 2.24) is 4.98 Å². The van der Waals surface area contributed by atoms with Crippen LogP contribution in [0.2, 0.25) is 0 Å². The summed E-state index contributed by atoms with van der Waals surface area (Å²) in [6, 6.07) is 0. The van der Waals surface area contributed by atoms with E-state index in [1.165, 1.54) is 11.3 Å². The first-order valence-electron chi connectivity index (χ1n) is 4.99. The molecular weight excluding hydrogens is 278 g/mol. The standard InChI is InChI=1S/C10H14BrNO2S/c1-6-3-10(13,4-7(2)14-6)9-12-8(11)5-15-9/h5-7,13H,3-4H2,1-2H3. The quantitative estimate of drug-likeness (QED) is 0.865. The molecule has 1 aromatic heterocycles.